The molecule has 1 amide bonds. The van der Waals surface area contributed by atoms with Crippen molar-refractivity contribution in [3.05, 3.63) is 35.9 Å². The van der Waals surface area contributed by atoms with E-state index in [1.807, 2.05) is 52.0 Å². The molecule has 23 heavy (non-hydrogen) atoms. The Bertz CT molecular complexity index is 552. The Kier molecular flexibility index (Phi) is 7.88. The first-order chi connectivity index (χ1) is 10.9. The summed E-state index contributed by atoms with van der Waals surface area (Å²) < 4.78 is 10.4. The number of carbonyl (C=O) groups excluding carboxylic acids is 2. The lowest BCUT2D eigenvalue weighted by Gasteiger charge is -2.17. The number of rotatable bonds is 8. The summed E-state index contributed by atoms with van der Waals surface area (Å²) in [4.78, 5) is 23.3. The zero-order valence-corrected chi connectivity index (χ0v) is 14.2. The molecule has 1 aromatic carbocycles. The van der Waals surface area contributed by atoms with Crippen molar-refractivity contribution in [1.29, 1.82) is 0 Å². The fourth-order valence-corrected chi connectivity index (χ4v) is 1.71. The highest BCUT2D eigenvalue weighted by Gasteiger charge is 2.11. The van der Waals surface area contributed by atoms with Gasteiger partial charge in [0.05, 0.1) is 6.61 Å². The summed E-state index contributed by atoms with van der Waals surface area (Å²) in [5.74, 6) is 0.151. The molecular weight excluding hydrogens is 294 g/mol. The second kappa shape index (κ2) is 9.66. The van der Waals surface area contributed by atoms with Crippen LogP contribution in [0.3, 0.4) is 0 Å². The van der Waals surface area contributed by atoms with Gasteiger partial charge in [-0.2, -0.15) is 0 Å². The van der Waals surface area contributed by atoms with Crippen LogP contribution in [0.1, 0.15) is 33.3 Å². The van der Waals surface area contributed by atoms with Gasteiger partial charge >= 0.3 is 5.97 Å². The van der Waals surface area contributed by atoms with Crippen LogP contribution < -0.4 is 10.1 Å². The van der Waals surface area contributed by atoms with Crippen LogP contribution in [0.25, 0.3) is 6.08 Å². The maximum atomic E-state index is 11.7. The summed E-state index contributed by atoms with van der Waals surface area (Å²) in [6.45, 7) is 8.09. The Labute approximate surface area is 137 Å². The van der Waals surface area contributed by atoms with Crippen LogP contribution in [0.4, 0.5) is 0 Å². The first kappa shape index (κ1) is 18.7. The number of amides is 1. The molecule has 126 valence electrons. The van der Waals surface area contributed by atoms with Crippen molar-refractivity contribution < 1.29 is 19.1 Å². The van der Waals surface area contributed by atoms with Crippen molar-refractivity contribution in [2.75, 3.05) is 13.2 Å². The summed E-state index contributed by atoms with van der Waals surface area (Å²) in [7, 11) is 0. The molecule has 0 aromatic heterocycles. The summed E-state index contributed by atoms with van der Waals surface area (Å²) in [5.41, 5.74) is 0.782. The Morgan fingerprint density at radius 1 is 1.22 bits per heavy atom. The lowest BCUT2D eigenvalue weighted by Crippen LogP contribution is -2.38. The van der Waals surface area contributed by atoms with E-state index in [0.717, 1.165) is 5.56 Å². The molecule has 1 N–H and O–H groups in total. The summed E-state index contributed by atoms with van der Waals surface area (Å²) in [6.07, 6.45) is 2.90. The molecular formula is C18H25NO4. The zero-order chi connectivity index (χ0) is 17.2. The highest BCUT2D eigenvalue weighted by Crippen LogP contribution is 2.19. The van der Waals surface area contributed by atoms with Gasteiger partial charge in [0.25, 0.3) is 5.91 Å². The van der Waals surface area contributed by atoms with Gasteiger partial charge in [-0.1, -0.05) is 32.0 Å². The van der Waals surface area contributed by atoms with E-state index in [1.165, 1.54) is 6.08 Å². The highest BCUT2D eigenvalue weighted by molar-refractivity contribution is 5.89. The molecule has 1 atom stereocenters. The molecule has 5 heteroatoms. The predicted molar refractivity (Wildman–Crippen MR) is 90.0 cm³/mol. The van der Waals surface area contributed by atoms with Crippen LogP contribution in [-0.2, 0) is 14.3 Å². The van der Waals surface area contributed by atoms with Crippen molar-refractivity contribution in [2.45, 2.75) is 33.7 Å². The number of hydrogen-bond donors (Lipinski definition) is 1. The van der Waals surface area contributed by atoms with Crippen LogP contribution in [0.2, 0.25) is 0 Å². The molecule has 0 heterocycles. The van der Waals surface area contributed by atoms with Gasteiger partial charge in [0.15, 0.2) is 6.61 Å². The van der Waals surface area contributed by atoms with E-state index >= 15 is 0 Å². The summed E-state index contributed by atoms with van der Waals surface area (Å²) in [6, 6.07) is 7.42. The minimum Gasteiger partial charge on any atom is -0.493 e. The third kappa shape index (κ3) is 7.00. The van der Waals surface area contributed by atoms with Crippen molar-refractivity contribution >= 4 is 18.0 Å². The molecule has 0 aliphatic heterocycles. The van der Waals surface area contributed by atoms with Crippen LogP contribution in [0.15, 0.2) is 30.3 Å². The lowest BCUT2D eigenvalue weighted by atomic mass is 10.1. The molecule has 1 rings (SSSR count). The summed E-state index contributed by atoms with van der Waals surface area (Å²) in [5, 5.41) is 2.77. The zero-order valence-electron chi connectivity index (χ0n) is 14.2. The van der Waals surface area contributed by atoms with Gasteiger partial charge in [0.1, 0.15) is 5.75 Å². The van der Waals surface area contributed by atoms with Crippen molar-refractivity contribution in [3.63, 3.8) is 0 Å². The number of nitrogens with one attached hydrogen (secondary N) is 1. The maximum Gasteiger partial charge on any atom is 0.331 e. The molecule has 0 aliphatic carbocycles. The Morgan fingerprint density at radius 3 is 2.57 bits per heavy atom. The second-order valence-corrected chi connectivity index (χ2v) is 5.51. The van der Waals surface area contributed by atoms with Gasteiger partial charge in [-0.3, -0.25) is 4.79 Å². The van der Waals surface area contributed by atoms with Gasteiger partial charge in [-0.05, 0) is 31.9 Å². The molecule has 0 unspecified atom stereocenters. The first-order valence-corrected chi connectivity index (χ1v) is 7.80. The fourth-order valence-electron chi connectivity index (χ4n) is 1.71. The third-order valence-corrected chi connectivity index (χ3v) is 3.35. The SMILES string of the molecule is CCOc1ccccc1/C=C/C(=O)OCC(=O)N[C@H](C)C(C)C. The van der Waals surface area contributed by atoms with E-state index in [2.05, 4.69) is 5.32 Å². The van der Waals surface area contributed by atoms with Crippen LogP contribution in [0, 0.1) is 5.92 Å². The highest BCUT2D eigenvalue weighted by atomic mass is 16.5. The minimum atomic E-state index is -0.566. The topological polar surface area (TPSA) is 64.6 Å². The quantitative estimate of drug-likeness (QED) is 0.591. The lowest BCUT2D eigenvalue weighted by molar-refractivity contribution is -0.144. The molecule has 1 aromatic rings. The van der Waals surface area contributed by atoms with Crippen molar-refractivity contribution in [1.82, 2.24) is 5.32 Å². The standard InChI is InChI=1S/C18H25NO4/c1-5-22-16-9-7-6-8-15(16)10-11-18(21)23-12-17(20)19-14(4)13(2)3/h6-11,13-14H,5,12H2,1-4H3,(H,19,20)/b11-10+/t14-/m1/s1. The van der Waals surface area contributed by atoms with E-state index in [-0.39, 0.29) is 18.6 Å². The van der Waals surface area contributed by atoms with Crippen LogP contribution >= 0.6 is 0 Å². The van der Waals surface area contributed by atoms with Gasteiger partial charge in [-0.15, -0.1) is 0 Å². The van der Waals surface area contributed by atoms with E-state index in [0.29, 0.717) is 18.3 Å². The number of carbonyl (C=O) groups is 2. The van der Waals surface area contributed by atoms with E-state index < -0.39 is 5.97 Å². The smallest absolute Gasteiger partial charge is 0.331 e. The van der Waals surface area contributed by atoms with Crippen LogP contribution in [0.5, 0.6) is 5.75 Å². The maximum absolute atomic E-state index is 11.7. The molecule has 0 spiro atoms. The number of para-hydroxylation sites is 1. The largest absolute Gasteiger partial charge is 0.493 e. The normalized spacial score (nSPS) is 12.2. The molecule has 0 radical (unpaired) electrons. The monoisotopic (exact) mass is 319 g/mol. The molecule has 0 saturated heterocycles. The molecule has 0 aliphatic rings. The molecule has 0 saturated carbocycles. The predicted octanol–water partition coefficient (Wildman–Crippen LogP) is 2.80. The average molecular weight is 319 g/mol. The van der Waals surface area contributed by atoms with Gasteiger partial charge in [0.2, 0.25) is 0 Å². The van der Waals surface area contributed by atoms with E-state index in [9.17, 15) is 9.59 Å². The van der Waals surface area contributed by atoms with Gasteiger partial charge in [-0.25, -0.2) is 4.79 Å². The molecule has 0 fully saturated rings. The second-order valence-electron chi connectivity index (χ2n) is 5.51. The first-order valence-electron chi connectivity index (χ1n) is 7.80. The summed E-state index contributed by atoms with van der Waals surface area (Å²) >= 11 is 0. The number of hydrogen-bond acceptors (Lipinski definition) is 4. The number of benzene rings is 1. The van der Waals surface area contributed by atoms with Gasteiger partial charge < -0.3 is 14.8 Å². The average Bonchev–Trinajstić information content (AvgIpc) is 2.52. The third-order valence-electron chi connectivity index (χ3n) is 3.35. The molecule has 5 nitrogen and oxygen atoms in total. The number of ether oxygens (including phenoxy) is 2. The van der Waals surface area contributed by atoms with Crippen molar-refractivity contribution in [2.24, 2.45) is 5.92 Å². The van der Waals surface area contributed by atoms with Crippen LogP contribution in [-0.4, -0.2) is 31.1 Å². The Balaban J connectivity index is 2.49. The Hall–Kier alpha value is -2.30. The molecule has 0 bridgehead atoms. The van der Waals surface area contributed by atoms with E-state index in [4.69, 9.17) is 9.47 Å². The minimum absolute atomic E-state index is 0.0369. The number of esters is 1. The van der Waals surface area contributed by atoms with E-state index in [1.54, 1.807) is 6.08 Å². The fraction of sp³-hybridized carbons (Fsp3) is 0.444. The Morgan fingerprint density at radius 2 is 1.91 bits per heavy atom. The van der Waals surface area contributed by atoms with Gasteiger partial charge in [0, 0.05) is 17.7 Å². The van der Waals surface area contributed by atoms with Crippen molar-refractivity contribution in [3.8, 4) is 5.75 Å².